The van der Waals surface area contributed by atoms with E-state index in [2.05, 4.69) is 20.6 Å². The van der Waals surface area contributed by atoms with Crippen LogP contribution in [-0.2, 0) is 4.79 Å². The molecule has 0 bridgehead atoms. The number of rotatable bonds is 9. The Kier molecular flexibility index (Phi) is 7.16. The lowest BCUT2D eigenvalue weighted by atomic mass is 10.0. The molecule has 2 N–H and O–H groups in total. The van der Waals surface area contributed by atoms with Gasteiger partial charge in [-0.25, -0.2) is 9.37 Å². The topological polar surface area (TPSA) is 87.2 Å². The van der Waals surface area contributed by atoms with Gasteiger partial charge in [0, 0.05) is 47.2 Å². The first-order chi connectivity index (χ1) is 18.1. The summed E-state index contributed by atoms with van der Waals surface area (Å²) in [4.78, 5) is 34.1. The molecule has 0 fully saturated rings. The molecule has 7 nitrogen and oxygen atoms in total. The molecule has 0 aliphatic carbocycles. The standard InChI is InChI=1S/C28H24FN5O2S/c1-30-10-11-34(12-13-35)28(36)19-3-5-21(23(29)14-19)18-2-6-22-24(8-9-31-25(22)15-18)33-20-4-7-27-26(16-20)32-17-37-27/h2-9,13-17,30H,10-12H2,1H3,(H,31,33). The van der Waals surface area contributed by atoms with E-state index in [-0.39, 0.29) is 18.0 Å². The van der Waals surface area contributed by atoms with Gasteiger partial charge in [0.2, 0.25) is 0 Å². The molecule has 2 aromatic heterocycles. The summed E-state index contributed by atoms with van der Waals surface area (Å²) in [5, 5.41) is 7.27. The van der Waals surface area contributed by atoms with E-state index in [0.29, 0.717) is 36.0 Å². The van der Waals surface area contributed by atoms with Crippen LogP contribution in [-0.4, -0.2) is 53.7 Å². The summed E-state index contributed by atoms with van der Waals surface area (Å²) in [7, 11) is 1.76. The number of nitrogens with one attached hydrogen (secondary N) is 2. The van der Waals surface area contributed by atoms with Crippen LogP contribution in [0, 0.1) is 5.82 Å². The highest BCUT2D eigenvalue weighted by atomic mass is 32.1. The number of aromatic nitrogens is 2. The minimum atomic E-state index is -0.518. The maximum absolute atomic E-state index is 15.2. The second kappa shape index (κ2) is 10.8. The Morgan fingerprint density at radius 1 is 1.05 bits per heavy atom. The molecule has 0 radical (unpaired) electrons. The van der Waals surface area contributed by atoms with E-state index in [1.807, 2.05) is 48.0 Å². The Morgan fingerprint density at radius 2 is 1.95 bits per heavy atom. The van der Waals surface area contributed by atoms with E-state index >= 15 is 4.39 Å². The smallest absolute Gasteiger partial charge is 0.254 e. The zero-order chi connectivity index (χ0) is 25.8. The van der Waals surface area contributed by atoms with Crippen LogP contribution in [0.3, 0.4) is 0 Å². The van der Waals surface area contributed by atoms with Crippen LogP contribution in [0.4, 0.5) is 15.8 Å². The van der Waals surface area contributed by atoms with Crippen LogP contribution >= 0.6 is 11.3 Å². The Bertz CT molecular complexity index is 1600. The molecule has 3 aromatic carbocycles. The molecule has 2 heterocycles. The number of amides is 1. The zero-order valence-electron chi connectivity index (χ0n) is 20.1. The van der Waals surface area contributed by atoms with Crippen LogP contribution in [0.15, 0.2) is 72.4 Å². The zero-order valence-corrected chi connectivity index (χ0v) is 20.9. The Labute approximate surface area is 217 Å². The average Bonchev–Trinajstić information content (AvgIpc) is 3.38. The fourth-order valence-corrected chi connectivity index (χ4v) is 4.85. The normalized spacial score (nSPS) is 11.1. The van der Waals surface area contributed by atoms with Crippen LogP contribution in [0.1, 0.15) is 10.4 Å². The lowest BCUT2D eigenvalue weighted by Crippen LogP contribution is -2.37. The Hall–Kier alpha value is -4.21. The number of benzene rings is 3. The molecule has 186 valence electrons. The maximum atomic E-state index is 15.2. The third-order valence-electron chi connectivity index (χ3n) is 6.09. The first kappa shape index (κ1) is 24.5. The number of nitrogens with zero attached hydrogens (tertiary/aromatic N) is 3. The Balaban J connectivity index is 1.41. The van der Waals surface area contributed by atoms with Gasteiger partial charge >= 0.3 is 0 Å². The summed E-state index contributed by atoms with van der Waals surface area (Å²) in [5.74, 6) is -0.907. The third-order valence-corrected chi connectivity index (χ3v) is 6.90. The van der Waals surface area contributed by atoms with Gasteiger partial charge in [0.15, 0.2) is 0 Å². The number of pyridine rings is 1. The van der Waals surface area contributed by atoms with E-state index in [1.165, 1.54) is 11.0 Å². The van der Waals surface area contributed by atoms with Gasteiger partial charge in [0.1, 0.15) is 12.1 Å². The van der Waals surface area contributed by atoms with Crippen LogP contribution < -0.4 is 10.6 Å². The number of anilines is 2. The molecule has 5 aromatic rings. The van der Waals surface area contributed by atoms with Crippen molar-refractivity contribution in [2.75, 3.05) is 32.0 Å². The summed E-state index contributed by atoms with van der Waals surface area (Å²) in [6.45, 7) is 0.830. The van der Waals surface area contributed by atoms with E-state index in [0.717, 1.165) is 27.0 Å². The van der Waals surface area contributed by atoms with Gasteiger partial charge in [-0.2, -0.15) is 0 Å². The van der Waals surface area contributed by atoms with E-state index < -0.39 is 5.82 Å². The number of carbonyl (C=O) groups is 2. The summed E-state index contributed by atoms with van der Waals surface area (Å²) < 4.78 is 16.3. The fourth-order valence-electron chi connectivity index (χ4n) is 4.19. The van der Waals surface area contributed by atoms with Gasteiger partial charge in [-0.15, -0.1) is 11.3 Å². The third kappa shape index (κ3) is 5.18. The Morgan fingerprint density at radius 3 is 2.76 bits per heavy atom. The lowest BCUT2D eigenvalue weighted by molar-refractivity contribution is -0.108. The molecule has 0 aliphatic rings. The molecule has 0 saturated heterocycles. The van der Waals surface area contributed by atoms with Crippen molar-refractivity contribution in [1.82, 2.24) is 20.2 Å². The van der Waals surface area contributed by atoms with Crippen molar-refractivity contribution >= 4 is 56.0 Å². The molecule has 37 heavy (non-hydrogen) atoms. The van der Waals surface area contributed by atoms with Crippen molar-refractivity contribution in [3.05, 3.63) is 83.8 Å². The molecule has 0 spiro atoms. The van der Waals surface area contributed by atoms with Gasteiger partial charge in [-0.05, 0) is 55.1 Å². The fraction of sp³-hybridized carbons (Fsp3) is 0.143. The predicted octanol–water partition coefficient (Wildman–Crippen LogP) is 5.25. The molecule has 0 unspecified atom stereocenters. The number of thiazole rings is 1. The molecular weight excluding hydrogens is 489 g/mol. The van der Waals surface area contributed by atoms with Gasteiger partial charge in [-0.3, -0.25) is 9.78 Å². The summed E-state index contributed by atoms with van der Waals surface area (Å²) in [6.07, 6.45) is 2.38. The van der Waals surface area contributed by atoms with Crippen molar-refractivity contribution in [3.8, 4) is 11.1 Å². The van der Waals surface area contributed by atoms with Crippen LogP contribution in [0.2, 0.25) is 0 Å². The van der Waals surface area contributed by atoms with Crippen molar-refractivity contribution in [3.63, 3.8) is 0 Å². The molecule has 9 heteroatoms. The minimum Gasteiger partial charge on any atom is -0.355 e. The minimum absolute atomic E-state index is 0.0474. The van der Waals surface area contributed by atoms with Crippen molar-refractivity contribution < 1.29 is 14.0 Å². The molecule has 0 aliphatic heterocycles. The van der Waals surface area contributed by atoms with E-state index in [1.54, 1.807) is 36.7 Å². The second-order valence-corrected chi connectivity index (χ2v) is 9.35. The maximum Gasteiger partial charge on any atom is 0.254 e. The summed E-state index contributed by atoms with van der Waals surface area (Å²) >= 11 is 1.60. The highest BCUT2D eigenvalue weighted by molar-refractivity contribution is 7.16. The summed E-state index contributed by atoms with van der Waals surface area (Å²) in [5.41, 5.74) is 6.48. The largest absolute Gasteiger partial charge is 0.355 e. The lowest BCUT2D eigenvalue weighted by Gasteiger charge is -2.20. The molecule has 5 rings (SSSR count). The summed E-state index contributed by atoms with van der Waals surface area (Å²) in [6, 6.07) is 17.9. The average molecular weight is 514 g/mol. The monoisotopic (exact) mass is 513 g/mol. The number of likely N-dealkylation sites (N-methyl/N-ethyl adjacent to an activating group) is 1. The molecular formula is C28H24FN5O2S. The van der Waals surface area contributed by atoms with Gasteiger partial charge < -0.3 is 20.3 Å². The number of aldehydes is 1. The van der Waals surface area contributed by atoms with Crippen LogP contribution in [0.25, 0.3) is 32.2 Å². The highest BCUT2D eigenvalue weighted by Crippen LogP contribution is 2.32. The molecule has 0 atom stereocenters. The van der Waals surface area contributed by atoms with E-state index in [4.69, 9.17) is 0 Å². The van der Waals surface area contributed by atoms with E-state index in [9.17, 15) is 9.59 Å². The quantitative estimate of drug-likeness (QED) is 0.262. The SMILES string of the molecule is CNCCN(CC=O)C(=O)c1ccc(-c2ccc3c(Nc4ccc5scnc5c4)ccnc3c2)c(F)c1. The van der Waals surface area contributed by atoms with Crippen molar-refractivity contribution in [1.29, 1.82) is 0 Å². The first-order valence-corrected chi connectivity index (χ1v) is 12.6. The predicted molar refractivity (Wildman–Crippen MR) is 146 cm³/mol. The number of carbonyl (C=O) groups excluding carboxylic acids is 2. The number of halogens is 1. The van der Waals surface area contributed by atoms with Gasteiger partial charge in [-0.1, -0.05) is 18.2 Å². The van der Waals surface area contributed by atoms with Crippen LogP contribution in [0.5, 0.6) is 0 Å². The number of hydrogen-bond donors (Lipinski definition) is 2. The van der Waals surface area contributed by atoms with Gasteiger partial charge in [0.05, 0.1) is 27.8 Å². The first-order valence-electron chi connectivity index (χ1n) is 11.7. The molecule has 1 amide bonds. The number of hydrogen-bond acceptors (Lipinski definition) is 7. The van der Waals surface area contributed by atoms with Crippen molar-refractivity contribution in [2.24, 2.45) is 0 Å². The molecule has 0 saturated carbocycles. The highest BCUT2D eigenvalue weighted by Gasteiger charge is 2.17. The number of fused-ring (bicyclic) bond motifs is 2. The van der Waals surface area contributed by atoms with Gasteiger partial charge in [0.25, 0.3) is 5.91 Å². The van der Waals surface area contributed by atoms with Crippen molar-refractivity contribution in [2.45, 2.75) is 0 Å². The second-order valence-electron chi connectivity index (χ2n) is 8.47.